The van der Waals surface area contributed by atoms with E-state index < -0.39 is 11.9 Å². The lowest BCUT2D eigenvalue weighted by molar-refractivity contribution is -0.140. The van der Waals surface area contributed by atoms with Gasteiger partial charge in [-0.15, -0.1) is 0 Å². The van der Waals surface area contributed by atoms with Crippen LogP contribution in [0.2, 0.25) is 0 Å². The maximum atomic E-state index is 12.5. The molecule has 4 heteroatoms. The highest BCUT2D eigenvalue weighted by Crippen LogP contribution is 2.60. The Labute approximate surface area is 125 Å². The van der Waals surface area contributed by atoms with Gasteiger partial charge < -0.3 is 10.4 Å². The van der Waals surface area contributed by atoms with Crippen molar-refractivity contribution in [3.8, 4) is 0 Å². The van der Waals surface area contributed by atoms with Gasteiger partial charge in [0.05, 0.1) is 11.8 Å². The summed E-state index contributed by atoms with van der Waals surface area (Å²) >= 11 is 0. The zero-order valence-corrected chi connectivity index (χ0v) is 12.8. The maximum Gasteiger partial charge on any atom is 0.307 e. The van der Waals surface area contributed by atoms with E-state index >= 15 is 0 Å². The molecule has 0 spiro atoms. The summed E-state index contributed by atoms with van der Waals surface area (Å²) in [4.78, 5) is 23.7. The van der Waals surface area contributed by atoms with Crippen LogP contribution < -0.4 is 5.32 Å². The van der Waals surface area contributed by atoms with Gasteiger partial charge >= 0.3 is 5.97 Å². The monoisotopic (exact) mass is 291 g/mol. The maximum absolute atomic E-state index is 12.5. The van der Waals surface area contributed by atoms with Gasteiger partial charge in [-0.2, -0.15) is 0 Å². The van der Waals surface area contributed by atoms with Crippen molar-refractivity contribution in [2.45, 2.75) is 52.0 Å². The molecule has 7 unspecified atom stereocenters. The molecule has 4 aliphatic carbocycles. The molecule has 0 aromatic rings. The van der Waals surface area contributed by atoms with Gasteiger partial charge in [-0.3, -0.25) is 9.59 Å². The first kappa shape index (κ1) is 13.6. The number of carbonyl (C=O) groups excluding carboxylic acids is 1. The number of rotatable bonds is 3. The van der Waals surface area contributed by atoms with E-state index in [1.807, 2.05) is 13.8 Å². The predicted octanol–water partition coefficient (Wildman–Crippen LogP) is 2.28. The van der Waals surface area contributed by atoms with E-state index in [0.717, 1.165) is 24.2 Å². The standard InChI is InChI=1S/C17H25NO3/c1-17(2)13(14(17)16(20)21)15(19)18-12-7-8-6-11(12)10-5-3-4-9(8)10/h8-14H,3-7H2,1-2H3,(H,18,19)(H,20,21). The number of hydrogen-bond acceptors (Lipinski definition) is 2. The molecule has 4 aliphatic rings. The molecule has 4 saturated carbocycles. The minimum atomic E-state index is -0.830. The number of carboxylic acids is 1. The molecule has 0 heterocycles. The molecule has 4 rings (SSSR count). The molecule has 2 N–H and O–H groups in total. The van der Waals surface area contributed by atoms with Crippen LogP contribution in [0.5, 0.6) is 0 Å². The van der Waals surface area contributed by atoms with E-state index in [0.29, 0.717) is 12.0 Å². The van der Waals surface area contributed by atoms with Crippen molar-refractivity contribution in [3.05, 3.63) is 0 Å². The Morgan fingerprint density at radius 2 is 1.76 bits per heavy atom. The largest absolute Gasteiger partial charge is 0.481 e. The van der Waals surface area contributed by atoms with Crippen LogP contribution in [0.3, 0.4) is 0 Å². The van der Waals surface area contributed by atoms with Crippen LogP contribution in [-0.4, -0.2) is 23.0 Å². The Hall–Kier alpha value is -1.06. The Kier molecular flexibility index (Phi) is 2.74. The van der Waals surface area contributed by atoms with Crippen molar-refractivity contribution in [2.24, 2.45) is 40.9 Å². The minimum absolute atomic E-state index is 0.0144. The van der Waals surface area contributed by atoms with Crippen molar-refractivity contribution in [1.82, 2.24) is 5.32 Å². The summed E-state index contributed by atoms with van der Waals surface area (Å²) < 4.78 is 0. The van der Waals surface area contributed by atoms with E-state index in [1.165, 1.54) is 25.7 Å². The highest BCUT2D eigenvalue weighted by Gasteiger charge is 2.66. The van der Waals surface area contributed by atoms with Crippen LogP contribution in [0.1, 0.15) is 46.0 Å². The number of aliphatic carboxylic acids is 1. The lowest BCUT2D eigenvalue weighted by Gasteiger charge is -2.32. The van der Waals surface area contributed by atoms with Crippen molar-refractivity contribution in [1.29, 1.82) is 0 Å². The van der Waals surface area contributed by atoms with Crippen LogP contribution in [0.25, 0.3) is 0 Å². The first-order valence-corrected chi connectivity index (χ1v) is 8.44. The fourth-order valence-corrected chi connectivity index (χ4v) is 6.09. The van der Waals surface area contributed by atoms with E-state index in [9.17, 15) is 14.7 Å². The number of amides is 1. The molecular formula is C17H25NO3. The van der Waals surface area contributed by atoms with E-state index in [4.69, 9.17) is 0 Å². The third-order valence-corrected chi connectivity index (χ3v) is 7.13. The second-order valence-corrected chi connectivity index (χ2v) is 8.38. The topological polar surface area (TPSA) is 66.4 Å². The van der Waals surface area contributed by atoms with Crippen molar-refractivity contribution < 1.29 is 14.7 Å². The lowest BCUT2D eigenvalue weighted by atomic mass is 9.79. The van der Waals surface area contributed by atoms with Gasteiger partial charge in [-0.1, -0.05) is 20.3 Å². The van der Waals surface area contributed by atoms with Gasteiger partial charge in [-0.05, 0) is 54.8 Å². The molecule has 4 fully saturated rings. The summed E-state index contributed by atoms with van der Waals surface area (Å²) in [6.45, 7) is 3.79. The molecule has 116 valence electrons. The van der Waals surface area contributed by atoms with E-state index in [2.05, 4.69) is 5.32 Å². The summed E-state index contributed by atoms with van der Waals surface area (Å²) in [6.07, 6.45) is 6.51. The van der Waals surface area contributed by atoms with Crippen molar-refractivity contribution in [3.63, 3.8) is 0 Å². The summed E-state index contributed by atoms with van der Waals surface area (Å²) in [5, 5.41) is 12.4. The van der Waals surface area contributed by atoms with Crippen LogP contribution in [0.15, 0.2) is 0 Å². The average Bonchev–Trinajstić information content (AvgIpc) is 2.85. The summed E-state index contributed by atoms with van der Waals surface area (Å²) in [7, 11) is 0. The lowest BCUT2D eigenvalue weighted by Crippen LogP contribution is -2.43. The molecule has 7 atom stereocenters. The molecule has 0 radical (unpaired) electrons. The van der Waals surface area contributed by atoms with Gasteiger partial charge in [0, 0.05) is 6.04 Å². The summed E-state index contributed by atoms with van der Waals surface area (Å²) in [5.41, 5.74) is -0.385. The first-order valence-electron chi connectivity index (χ1n) is 8.44. The fourth-order valence-electron chi connectivity index (χ4n) is 6.09. The third kappa shape index (κ3) is 1.80. The molecule has 21 heavy (non-hydrogen) atoms. The quantitative estimate of drug-likeness (QED) is 0.838. The molecule has 4 nitrogen and oxygen atoms in total. The zero-order chi connectivity index (χ0) is 14.9. The van der Waals surface area contributed by atoms with E-state index in [-0.39, 0.29) is 17.2 Å². The van der Waals surface area contributed by atoms with Gasteiger partial charge in [0.2, 0.25) is 5.91 Å². The van der Waals surface area contributed by atoms with Crippen molar-refractivity contribution in [2.75, 3.05) is 0 Å². The summed E-state index contributed by atoms with van der Waals surface area (Å²) in [6, 6.07) is 0.313. The van der Waals surface area contributed by atoms with E-state index in [1.54, 1.807) is 0 Å². The second-order valence-electron chi connectivity index (χ2n) is 8.38. The summed E-state index contributed by atoms with van der Waals surface area (Å²) in [5.74, 6) is 1.54. The fraction of sp³-hybridized carbons (Fsp3) is 0.882. The van der Waals surface area contributed by atoms with Crippen LogP contribution in [-0.2, 0) is 9.59 Å². The number of nitrogens with one attached hydrogen (secondary N) is 1. The van der Waals surface area contributed by atoms with Crippen LogP contribution in [0, 0.1) is 40.9 Å². The van der Waals surface area contributed by atoms with Crippen LogP contribution in [0.4, 0.5) is 0 Å². The predicted molar refractivity (Wildman–Crippen MR) is 77.4 cm³/mol. The van der Waals surface area contributed by atoms with Gasteiger partial charge in [0.25, 0.3) is 0 Å². The van der Waals surface area contributed by atoms with Gasteiger partial charge in [0.1, 0.15) is 0 Å². The number of fused-ring (bicyclic) bond motifs is 5. The molecule has 2 bridgehead atoms. The Morgan fingerprint density at radius 1 is 1.05 bits per heavy atom. The average molecular weight is 291 g/mol. The molecule has 0 aromatic heterocycles. The minimum Gasteiger partial charge on any atom is -0.481 e. The zero-order valence-electron chi connectivity index (χ0n) is 12.8. The second kappa shape index (κ2) is 4.23. The molecule has 0 aromatic carbocycles. The Morgan fingerprint density at radius 3 is 2.43 bits per heavy atom. The Balaban J connectivity index is 1.42. The molecule has 1 amide bonds. The van der Waals surface area contributed by atoms with Gasteiger partial charge in [0.15, 0.2) is 0 Å². The molecular weight excluding hydrogens is 266 g/mol. The SMILES string of the molecule is CC1(C)C(C(=O)O)C1C(=O)NC1CC2CC1C1CCCC21. The van der Waals surface area contributed by atoms with Crippen molar-refractivity contribution >= 4 is 11.9 Å². The van der Waals surface area contributed by atoms with Crippen LogP contribution >= 0.6 is 0 Å². The number of hydrogen-bond donors (Lipinski definition) is 2. The smallest absolute Gasteiger partial charge is 0.307 e. The Bertz CT molecular complexity index is 500. The highest BCUT2D eigenvalue weighted by atomic mass is 16.4. The highest BCUT2D eigenvalue weighted by molar-refractivity contribution is 5.91. The first-order chi connectivity index (χ1) is 9.91. The number of carbonyl (C=O) groups is 2. The normalized spacial score (nSPS) is 49.0. The third-order valence-electron chi connectivity index (χ3n) is 7.13. The van der Waals surface area contributed by atoms with Gasteiger partial charge in [-0.25, -0.2) is 0 Å². The molecule has 0 saturated heterocycles. The molecule has 0 aliphatic heterocycles. The number of carboxylic acid groups (broad SMARTS) is 1.